The quantitative estimate of drug-likeness (QED) is 0.796. The van der Waals surface area contributed by atoms with E-state index in [0.29, 0.717) is 12.5 Å². The molecule has 1 heterocycles. The molecule has 2 rings (SSSR count). The first-order valence-electron chi connectivity index (χ1n) is 6.08. The lowest BCUT2D eigenvalue weighted by atomic mass is 10.1. The second-order valence-corrected chi connectivity index (χ2v) is 5.70. The molecular weight excluding hydrogens is 283 g/mol. The summed E-state index contributed by atoms with van der Waals surface area (Å²) >= 11 is 0. The van der Waals surface area contributed by atoms with Gasteiger partial charge in [-0.05, 0) is 23.6 Å². The van der Waals surface area contributed by atoms with E-state index in [1.54, 1.807) is 18.5 Å². The number of imidazole rings is 1. The van der Waals surface area contributed by atoms with Crippen LogP contribution in [0, 0.1) is 0 Å². The monoisotopic (exact) mass is 298 g/mol. The maximum absolute atomic E-state index is 12.3. The van der Waals surface area contributed by atoms with Gasteiger partial charge in [-0.1, -0.05) is 29.9 Å². The summed E-state index contributed by atoms with van der Waals surface area (Å²) in [4.78, 5) is 4.29. The molecule has 0 fully saturated rings. The van der Waals surface area contributed by atoms with Crippen LogP contribution in [-0.2, 0) is 17.0 Å². The minimum atomic E-state index is -4.97. The fourth-order valence-corrected chi connectivity index (χ4v) is 2.08. The van der Waals surface area contributed by atoms with Gasteiger partial charge in [-0.2, -0.15) is 8.42 Å². The average molecular weight is 298 g/mol. The Morgan fingerprint density at radius 3 is 2.45 bits per heavy atom. The maximum Gasteiger partial charge on any atom is 0.488 e. The van der Waals surface area contributed by atoms with Crippen LogP contribution in [0.3, 0.4) is 0 Å². The van der Waals surface area contributed by atoms with E-state index in [9.17, 15) is 12.3 Å². The van der Waals surface area contributed by atoms with Gasteiger partial charge in [0, 0.05) is 12.7 Å². The van der Waals surface area contributed by atoms with Crippen molar-refractivity contribution in [1.82, 2.24) is 9.55 Å². The first kappa shape index (κ1) is 14.5. The molecular formula is C13H15FN2O3S. The van der Waals surface area contributed by atoms with E-state index >= 15 is 0 Å². The highest BCUT2D eigenvalue weighted by molar-refractivity contribution is 7.81. The normalized spacial score (nSPS) is 11.8. The van der Waals surface area contributed by atoms with Gasteiger partial charge in [-0.25, -0.2) is 4.98 Å². The van der Waals surface area contributed by atoms with Gasteiger partial charge >= 0.3 is 10.5 Å². The highest BCUT2D eigenvalue weighted by atomic mass is 32.3. The standard InChI is InChI=1S/C13H15FN2O3S/c1-10(2)13-8-16(9-15-13)7-11-3-5-12(6-4-11)19-20(14,17)18/h3-6,8-10H,7H2,1-2H3. The Morgan fingerprint density at radius 2 is 1.95 bits per heavy atom. The van der Waals surface area contributed by atoms with Crippen molar-refractivity contribution in [3.63, 3.8) is 0 Å². The molecule has 5 nitrogen and oxygen atoms in total. The Hall–Kier alpha value is -1.89. The van der Waals surface area contributed by atoms with E-state index in [2.05, 4.69) is 23.0 Å². The second kappa shape index (κ2) is 5.62. The summed E-state index contributed by atoms with van der Waals surface area (Å²) in [7, 11) is -4.97. The summed E-state index contributed by atoms with van der Waals surface area (Å²) in [6, 6.07) is 6.17. The lowest BCUT2D eigenvalue weighted by Gasteiger charge is -2.04. The molecule has 0 atom stereocenters. The molecule has 108 valence electrons. The topological polar surface area (TPSA) is 61.2 Å². The van der Waals surface area contributed by atoms with Gasteiger partial charge in [0.25, 0.3) is 0 Å². The van der Waals surface area contributed by atoms with Crippen LogP contribution < -0.4 is 4.18 Å². The number of hydrogen-bond acceptors (Lipinski definition) is 4. The van der Waals surface area contributed by atoms with Crippen LogP contribution in [0.1, 0.15) is 31.0 Å². The molecule has 0 aliphatic carbocycles. The van der Waals surface area contributed by atoms with Crippen molar-refractivity contribution in [3.05, 3.63) is 48.0 Å². The summed E-state index contributed by atoms with van der Waals surface area (Å²) in [5.41, 5.74) is 1.94. The third-order valence-electron chi connectivity index (χ3n) is 2.73. The number of nitrogens with zero attached hydrogens (tertiary/aromatic N) is 2. The second-order valence-electron chi connectivity index (χ2n) is 4.75. The number of hydrogen-bond donors (Lipinski definition) is 0. The fourth-order valence-electron chi connectivity index (χ4n) is 1.74. The van der Waals surface area contributed by atoms with Crippen molar-refractivity contribution >= 4 is 10.5 Å². The summed E-state index contributed by atoms with van der Waals surface area (Å²) in [6.07, 6.45) is 3.70. The molecule has 2 aromatic rings. The summed E-state index contributed by atoms with van der Waals surface area (Å²) in [6.45, 7) is 4.73. The molecule has 0 saturated carbocycles. The Morgan fingerprint density at radius 1 is 1.30 bits per heavy atom. The van der Waals surface area contributed by atoms with Crippen molar-refractivity contribution in [2.45, 2.75) is 26.3 Å². The number of benzene rings is 1. The molecule has 0 unspecified atom stereocenters. The zero-order chi connectivity index (χ0) is 14.8. The molecule has 0 spiro atoms. The molecule has 1 aromatic carbocycles. The van der Waals surface area contributed by atoms with Gasteiger partial charge in [0.15, 0.2) is 0 Å². The third kappa shape index (κ3) is 4.06. The van der Waals surface area contributed by atoms with Crippen molar-refractivity contribution < 1.29 is 16.5 Å². The molecule has 0 N–H and O–H groups in total. The number of rotatable bonds is 5. The van der Waals surface area contributed by atoms with E-state index in [0.717, 1.165) is 11.3 Å². The first-order valence-corrected chi connectivity index (χ1v) is 7.39. The average Bonchev–Trinajstić information content (AvgIpc) is 2.78. The highest BCUT2D eigenvalue weighted by Gasteiger charge is 2.09. The van der Waals surface area contributed by atoms with E-state index in [-0.39, 0.29) is 5.75 Å². The largest absolute Gasteiger partial charge is 0.488 e. The summed E-state index contributed by atoms with van der Waals surface area (Å²) < 4.78 is 39.1. The van der Waals surface area contributed by atoms with Gasteiger partial charge in [-0.3, -0.25) is 0 Å². The molecule has 7 heteroatoms. The van der Waals surface area contributed by atoms with E-state index in [4.69, 9.17) is 0 Å². The summed E-state index contributed by atoms with van der Waals surface area (Å²) in [5.74, 6) is 0.312. The van der Waals surface area contributed by atoms with Crippen molar-refractivity contribution in [2.24, 2.45) is 0 Å². The zero-order valence-corrected chi connectivity index (χ0v) is 12.0. The van der Waals surface area contributed by atoms with Crippen LogP contribution in [0.15, 0.2) is 36.8 Å². The smallest absolute Gasteiger partial charge is 0.358 e. The zero-order valence-electron chi connectivity index (χ0n) is 11.2. The van der Waals surface area contributed by atoms with Gasteiger partial charge in [0.2, 0.25) is 0 Å². The van der Waals surface area contributed by atoms with Crippen LogP contribution in [0.4, 0.5) is 3.89 Å². The van der Waals surface area contributed by atoms with Crippen molar-refractivity contribution in [1.29, 1.82) is 0 Å². The Bertz CT molecular complexity index is 678. The Balaban J connectivity index is 2.06. The Kier molecular flexibility index (Phi) is 4.08. The Labute approximate surface area is 117 Å². The van der Waals surface area contributed by atoms with Gasteiger partial charge < -0.3 is 8.75 Å². The van der Waals surface area contributed by atoms with Crippen LogP contribution in [-0.4, -0.2) is 18.0 Å². The predicted octanol–water partition coefficient (Wildman–Crippen LogP) is 2.65. The first-order chi connectivity index (χ1) is 9.33. The molecule has 0 aliphatic heterocycles. The van der Waals surface area contributed by atoms with Gasteiger partial charge in [0.1, 0.15) is 5.75 Å². The van der Waals surface area contributed by atoms with Crippen LogP contribution in [0.25, 0.3) is 0 Å². The van der Waals surface area contributed by atoms with Gasteiger partial charge in [-0.15, -0.1) is 0 Å². The van der Waals surface area contributed by atoms with E-state index < -0.39 is 10.5 Å². The van der Waals surface area contributed by atoms with Gasteiger partial charge in [0.05, 0.1) is 12.0 Å². The number of aromatic nitrogens is 2. The molecule has 0 bridgehead atoms. The minimum absolute atomic E-state index is 0.0512. The van der Waals surface area contributed by atoms with Crippen molar-refractivity contribution in [3.8, 4) is 5.75 Å². The fraction of sp³-hybridized carbons (Fsp3) is 0.308. The van der Waals surface area contributed by atoms with E-state index in [1.807, 2.05) is 10.8 Å². The molecule has 0 aliphatic rings. The lowest BCUT2D eigenvalue weighted by molar-refractivity contribution is 0.440. The van der Waals surface area contributed by atoms with Crippen LogP contribution in [0.5, 0.6) is 5.75 Å². The number of halogens is 1. The third-order valence-corrected chi connectivity index (χ3v) is 3.12. The SMILES string of the molecule is CC(C)c1cn(Cc2ccc(OS(=O)(=O)F)cc2)cn1. The molecule has 20 heavy (non-hydrogen) atoms. The van der Waals surface area contributed by atoms with Crippen molar-refractivity contribution in [2.75, 3.05) is 0 Å². The lowest BCUT2D eigenvalue weighted by Crippen LogP contribution is -2.01. The van der Waals surface area contributed by atoms with Crippen LogP contribution in [0.2, 0.25) is 0 Å². The molecule has 0 amide bonds. The summed E-state index contributed by atoms with van der Waals surface area (Å²) in [5, 5.41) is 0. The molecule has 0 saturated heterocycles. The highest BCUT2D eigenvalue weighted by Crippen LogP contribution is 2.16. The van der Waals surface area contributed by atoms with E-state index in [1.165, 1.54) is 12.1 Å². The maximum atomic E-state index is 12.3. The predicted molar refractivity (Wildman–Crippen MR) is 72.5 cm³/mol. The molecule has 0 radical (unpaired) electrons. The van der Waals surface area contributed by atoms with Crippen LogP contribution >= 0.6 is 0 Å². The molecule has 1 aromatic heterocycles. The minimum Gasteiger partial charge on any atom is -0.358 e.